The molecule has 1 aromatic carbocycles. The number of hydrogen-bond acceptors (Lipinski definition) is 4. The average molecular weight is 317 g/mol. The molecule has 0 bridgehead atoms. The van der Waals surface area contributed by atoms with Gasteiger partial charge in [-0.05, 0) is 32.9 Å². The van der Waals surface area contributed by atoms with Crippen LogP contribution in [0.25, 0.3) is 0 Å². The zero-order valence-electron chi connectivity index (χ0n) is 13.5. The number of carboxylic acid groups (broad SMARTS) is 1. The minimum atomic E-state index is -1.09. The van der Waals surface area contributed by atoms with E-state index in [1.54, 1.807) is 4.68 Å². The standard InChI is InChI=1S/C16H19N3O4/c1-9(2)19-10(3)13(8-17-19)15(20)18-11-5-6-12(16(21)22)14(7-11)23-4/h5-9H,1-4H3,(H,18,20)(H,21,22). The molecule has 0 spiro atoms. The van der Waals surface area contributed by atoms with E-state index in [1.807, 2.05) is 20.8 Å². The zero-order valence-corrected chi connectivity index (χ0v) is 13.5. The fourth-order valence-corrected chi connectivity index (χ4v) is 2.31. The van der Waals surface area contributed by atoms with Crippen LogP contribution in [0.4, 0.5) is 5.69 Å². The minimum Gasteiger partial charge on any atom is -0.496 e. The Hall–Kier alpha value is -2.83. The van der Waals surface area contributed by atoms with Crippen LogP contribution in [0.1, 0.15) is 46.3 Å². The fraction of sp³-hybridized carbons (Fsp3) is 0.312. The van der Waals surface area contributed by atoms with Gasteiger partial charge < -0.3 is 15.2 Å². The Morgan fingerprint density at radius 2 is 2.00 bits per heavy atom. The number of ether oxygens (including phenoxy) is 1. The number of benzene rings is 1. The number of carbonyl (C=O) groups is 2. The van der Waals surface area contributed by atoms with Crippen LogP contribution in [0, 0.1) is 6.92 Å². The maximum atomic E-state index is 12.4. The van der Waals surface area contributed by atoms with E-state index in [-0.39, 0.29) is 23.3 Å². The molecule has 1 aromatic heterocycles. The molecule has 0 aliphatic carbocycles. The SMILES string of the molecule is COc1cc(NC(=O)c2cnn(C(C)C)c2C)ccc1C(=O)O. The first-order valence-electron chi connectivity index (χ1n) is 7.12. The number of aromatic nitrogens is 2. The van der Waals surface area contributed by atoms with Gasteiger partial charge in [-0.2, -0.15) is 5.10 Å². The molecule has 23 heavy (non-hydrogen) atoms. The quantitative estimate of drug-likeness (QED) is 0.884. The molecule has 0 saturated carbocycles. The highest BCUT2D eigenvalue weighted by molar-refractivity contribution is 6.05. The Kier molecular flexibility index (Phi) is 4.68. The first kappa shape index (κ1) is 16.5. The van der Waals surface area contributed by atoms with Crippen LogP contribution in [0.3, 0.4) is 0 Å². The van der Waals surface area contributed by atoms with Crippen molar-refractivity contribution in [3.8, 4) is 5.75 Å². The molecular weight excluding hydrogens is 298 g/mol. The molecule has 7 heteroatoms. The number of hydrogen-bond donors (Lipinski definition) is 2. The summed E-state index contributed by atoms with van der Waals surface area (Å²) in [4.78, 5) is 23.4. The van der Waals surface area contributed by atoms with Gasteiger partial charge in [0.2, 0.25) is 0 Å². The number of aromatic carboxylic acids is 1. The van der Waals surface area contributed by atoms with Crippen molar-refractivity contribution in [2.75, 3.05) is 12.4 Å². The van der Waals surface area contributed by atoms with Gasteiger partial charge in [-0.15, -0.1) is 0 Å². The van der Waals surface area contributed by atoms with Gasteiger partial charge in [0.1, 0.15) is 11.3 Å². The number of nitrogens with zero attached hydrogens (tertiary/aromatic N) is 2. The van der Waals surface area contributed by atoms with Gasteiger partial charge in [-0.1, -0.05) is 0 Å². The molecule has 1 amide bonds. The summed E-state index contributed by atoms with van der Waals surface area (Å²) >= 11 is 0. The van der Waals surface area contributed by atoms with Crippen molar-refractivity contribution in [2.24, 2.45) is 0 Å². The summed E-state index contributed by atoms with van der Waals surface area (Å²) in [6.45, 7) is 5.80. The number of nitrogens with one attached hydrogen (secondary N) is 1. The zero-order chi connectivity index (χ0) is 17.1. The molecule has 0 saturated heterocycles. The molecule has 122 valence electrons. The van der Waals surface area contributed by atoms with E-state index in [9.17, 15) is 9.59 Å². The van der Waals surface area contributed by atoms with E-state index in [0.29, 0.717) is 11.3 Å². The largest absolute Gasteiger partial charge is 0.496 e. The smallest absolute Gasteiger partial charge is 0.339 e. The summed E-state index contributed by atoms with van der Waals surface area (Å²) in [5.74, 6) is -1.21. The Morgan fingerprint density at radius 1 is 1.30 bits per heavy atom. The van der Waals surface area contributed by atoms with Gasteiger partial charge in [0, 0.05) is 23.5 Å². The Labute approximate surface area is 133 Å². The van der Waals surface area contributed by atoms with E-state index in [1.165, 1.54) is 31.5 Å². The molecule has 0 fully saturated rings. The Morgan fingerprint density at radius 3 is 2.52 bits per heavy atom. The highest BCUT2D eigenvalue weighted by Gasteiger charge is 2.17. The third-order valence-corrected chi connectivity index (χ3v) is 3.47. The fourth-order valence-electron chi connectivity index (χ4n) is 2.31. The Balaban J connectivity index is 2.25. The first-order valence-corrected chi connectivity index (χ1v) is 7.12. The van der Waals surface area contributed by atoms with Crippen molar-refractivity contribution in [3.63, 3.8) is 0 Å². The molecular formula is C16H19N3O4. The molecule has 2 aromatic rings. The van der Waals surface area contributed by atoms with Gasteiger partial charge in [-0.3, -0.25) is 9.48 Å². The molecule has 0 atom stereocenters. The van der Waals surface area contributed by atoms with Crippen LogP contribution in [-0.4, -0.2) is 33.9 Å². The number of carbonyl (C=O) groups excluding carboxylic acids is 1. The minimum absolute atomic E-state index is 0.0364. The van der Waals surface area contributed by atoms with E-state index in [0.717, 1.165) is 5.69 Å². The molecule has 2 rings (SSSR count). The van der Waals surface area contributed by atoms with Gasteiger partial charge >= 0.3 is 5.97 Å². The van der Waals surface area contributed by atoms with Crippen LogP contribution >= 0.6 is 0 Å². The topological polar surface area (TPSA) is 93.5 Å². The lowest BCUT2D eigenvalue weighted by Gasteiger charge is -2.10. The van der Waals surface area contributed by atoms with E-state index >= 15 is 0 Å². The van der Waals surface area contributed by atoms with Gasteiger partial charge in [0.05, 0.1) is 18.9 Å². The summed E-state index contributed by atoms with van der Waals surface area (Å²) < 4.78 is 6.81. The second-order valence-electron chi connectivity index (χ2n) is 5.36. The average Bonchev–Trinajstić information content (AvgIpc) is 2.88. The van der Waals surface area contributed by atoms with Crippen LogP contribution in [0.2, 0.25) is 0 Å². The van der Waals surface area contributed by atoms with Crippen LogP contribution in [0.15, 0.2) is 24.4 Å². The van der Waals surface area contributed by atoms with Crippen molar-refractivity contribution in [3.05, 3.63) is 41.2 Å². The van der Waals surface area contributed by atoms with E-state index in [2.05, 4.69) is 10.4 Å². The summed E-state index contributed by atoms with van der Waals surface area (Å²) in [7, 11) is 1.38. The number of anilines is 1. The number of rotatable bonds is 5. The van der Waals surface area contributed by atoms with Crippen LogP contribution in [-0.2, 0) is 0 Å². The highest BCUT2D eigenvalue weighted by atomic mass is 16.5. The second kappa shape index (κ2) is 6.51. The molecule has 2 N–H and O–H groups in total. The molecule has 0 aliphatic heterocycles. The first-order chi connectivity index (χ1) is 10.8. The highest BCUT2D eigenvalue weighted by Crippen LogP contribution is 2.24. The van der Waals surface area contributed by atoms with Crippen molar-refractivity contribution < 1.29 is 19.4 Å². The second-order valence-corrected chi connectivity index (χ2v) is 5.36. The van der Waals surface area contributed by atoms with Crippen molar-refractivity contribution in [1.29, 1.82) is 0 Å². The van der Waals surface area contributed by atoms with E-state index < -0.39 is 5.97 Å². The predicted octanol–water partition coefficient (Wildman–Crippen LogP) is 2.73. The summed E-state index contributed by atoms with van der Waals surface area (Å²) in [6.07, 6.45) is 1.52. The normalized spacial score (nSPS) is 10.7. The maximum absolute atomic E-state index is 12.4. The molecule has 0 unspecified atom stereocenters. The molecule has 7 nitrogen and oxygen atoms in total. The summed E-state index contributed by atoms with van der Waals surface area (Å²) in [5.41, 5.74) is 1.73. The number of amides is 1. The van der Waals surface area contributed by atoms with Gasteiger partial charge in [-0.25, -0.2) is 4.79 Å². The predicted molar refractivity (Wildman–Crippen MR) is 85.3 cm³/mol. The third-order valence-electron chi connectivity index (χ3n) is 3.47. The lowest BCUT2D eigenvalue weighted by Crippen LogP contribution is -2.14. The van der Waals surface area contributed by atoms with Crippen LogP contribution < -0.4 is 10.1 Å². The molecule has 0 aliphatic rings. The number of methoxy groups -OCH3 is 1. The van der Waals surface area contributed by atoms with Crippen molar-refractivity contribution in [1.82, 2.24) is 9.78 Å². The van der Waals surface area contributed by atoms with Crippen molar-refractivity contribution >= 4 is 17.6 Å². The molecule has 0 radical (unpaired) electrons. The molecule has 1 heterocycles. The third kappa shape index (κ3) is 3.33. The lowest BCUT2D eigenvalue weighted by atomic mass is 10.1. The number of carboxylic acids is 1. The van der Waals surface area contributed by atoms with Gasteiger partial charge in [0.15, 0.2) is 0 Å². The monoisotopic (exact) mass is 317 g/mol. The van der Waals surface area contributed by atoms with E-state index in [4.69, 9.17) is 9.84 Å². The Bertz CT molecular complexity index is 750. The van der Waals surface area contributed by atoms with Gasteiger partial charge in [0.25, 0.3) is 5.91 Å². The summed E-state index contributed by atoms with van der Waals surface area (Å²) in [5, 5.41) is 16.0. The maximum Gasteiger partial charge on any atom is 0.339 e. The summed E-state index contributed by atoms with van der Waals surface area (Å²) in [6, 6.07) is 4.54. The van der Waals surface area contributed by atoms with Crippen LogP contribution in [0.5, 0.6) is 5.75 Å². The van der Waals surface area contributed by atoms with Crippen molar-refractivity contribution in [2.45, 2.75) is 26.8 Å². The lowest BCUT2D eigenvalue weighted by molar-refractivity contribution is 0.0693.